The van der Waals surface area contributed by atoms with Gasteiger partial charge in [0.2, 0.25) is 0 Å². The summed E-state index contributed by atoms with van der Waals surface area (Å²) in [5.74, 6) is 0.768. The summed E-state index contributed by atoms with van der Waals surface area (Å²) in [6.45, 7) is 0. The molecule has 0 fully saturated rings. The number of rotatable bonds is 3. The lowest BCUT2D eigenvalue weighted by Crippen LogP contribution is -1.91. The summed E-state index contributed by atoms with van der Waals surface area (Å²) in [5, 5.41) is 6.93. The van der Waals surface area contributed by atoms with E-state index in [2.05, 4.69) is 21.2 Å². The fraction of sp³-hybridized carbons (Fsp3) is 0.0667. The first kappa shape index (κ1) is 11.5. The maximum absolute atomic E-state index is 5.35. The highest BCUT2D eigenvalue weighted by Gasteiger charge is 2.08. The number of hydrogen-bond acceptors (Lipinski definition) is 3. The van der Waals surface area contributed by atoms with Crippen molar-refractivity contribution < 1.29 is 4.74 Å². The van der Waals surface area contributed by atoms with Crippen LogP contribution in [-0.4, -0.2) is 22.3 Å². The first-order chi connectivity index (χ1) is 9.38. The van der Waals surface area contributed by atoms with Crippen LogP contribution >= 0.6 is 0 Å². The first-order valence-electron chi connectivity index (χ1n) is 5.97. The third-order valence-corrected chi connectivity index (χ3v) is 2.94. The molecule has 1 N–H and O–H groups in total. The molecule has 4 heteroatoms. The van der Waals surface area contributed by atoms with Gasteiger partial charge in [-0.2, -0.15) is 5.10 Å². The van der Waals surface area contributed by atoms with E-state index in [1.807, 2.05) is 36.4 Å². The van der Waals surface area contributed by atoms with E-state index in [-0.39, 0.29) is 0 Å². The predicted molar refractivity (Wildman–Crippen MR) is 73.8 cm³/mol. The SMILES string of the molecule is COc1cccnc1-c1cccc(-c2ccn[nH]2)c1. The van der Waals surface area contributed by atoms with Crippen molar-refractivity contribution in [1.82, 2.24) is 15.2 Å². The number of pyridine rings is 1. The van der Waals surface area contributed by atoms with Crippen molar-refractivity contribution in [1.29, 1.82) is 0 Å². The highest BCUT2D eigenvalue weighted by Crippen LogP contribution is 2.29. The Morgan fingerprint density at radius 2 is 1.89 bits per heavy atom. The number of nitrogens with one attached hydrogen (secondary N) is 1. The van der Waals surface area contributed by atoms with Crippen LogP contribution in [0.4, 0.5) is 0 Å². The van der Waals surface area contributed by atoms with E-state index in [0.29, 0.717) is 0 Å². The van der Waals surface area contributed by atoms with Gasteiger partial charge in [0, 0.05) is 23.5 Å². The Kier molecular flexibility index (Phi) is 2.98. The zero-order chi connectivity index (χ0) is 13.1. The third kappa shape index (κ3) is 2.20. The van der Waals surface area contributed by atoms with Gasteiger partial charge in [0.15, 0.2) is 0 Å². The number of nitrogens with zero attached hydrogens (tertiary/aromatic N) is 2. The molecule has 0 unspecified atom stereocenters. The molecule has 0 spiro atoms. The second-order valence-corrected chi connectivity index (χ2v) is 4.11. The lowest BCUT2D eigenvalue weighted by Gasteiger charge is -2.08. The molecule has 2 aromatic heterocycles. The summed E-state index contributed by atoms with van der Waals surface area (Å²) in [6, 6.07) is 13.8. The quantitative estimate of drug-likeness (QED) is 0.778. The molecule has 94 valence electrons. The predicted octanol–water partition coefficient (Wildman–Crippen LogP) is 3.15. The largest absolute Gasteiger partial charge is 0.494 e. The van der Waals surface area contributed by atoms with E-state index in [9.17, 15) is 0 Å². The number of hydrogen-bond donors (Lipinski definition) is 1. The van der Waals surface area contributed by atoms with Crippen LogP contribution in [0.2, 0.25) is 0 Å². The zero-order valence-electron chi connectivity index (χ0n) is 10.5. The third-order valence-electron chi connectivity index (χ3n) is 2.94. The molecule has 0 aliphatic heterocycles. The minimum Gasteiger partial charge on any atom is -0.494 e. The standard InChI is InChI=1S/C15H13N3O/c1-19-14-6-3-8-16-15(14)12-5-2-4-11(10-12)13-7-9-17-18-13/h2-10H,1H3,(H,17,18). The molecule has 0 aliphatic rings. The van der Waals surface area contributed by atoms with Crippen molar-refractivity contribution >= 4 is 0 Å². The Bertz CT molecular complexity index is 677. The first-order valence-corrected chi connectivity index (χ1v) is 5.97. The highest BCUT2D eigenvalue weighted by atomic mass is 16.5. The molecule has 1 aromatic carbocycles. The topological polar surface area (TPSA) is 50.8 Å². The summed E-state index contributed by atoms with van der Waals surface area (Å²) < 4.78 is 5.35. The maximum Gasteiger partial charge on any atom is 0.145 e. The van der Waals surface area contributed by atoms with Crippen molar-refractivity contribution in [2.75, 3.05) is 7.11 Å². The molecular formula is C15H13N3O. The molecule has 0 radical (unpaired) electrons. The Hall–Kier alpha value is -2.62. The van der Waals surface area contributed by atoms with E-state index >= 15 is 0 Å². The Morgan fingerprint density at radius 3 is 2.68 bits per heavy atom. The smallest absolute Gasteiger partial charge is 0.145 e. The summed E-state index contributed by atoms with van der Waals surface area (Å²) in [7, 11) is 1.65. The van der Waals surface area contributed by atoms with E-state index in [1.165, 1.54) is 0 Å². The van der Waals surface area contributed by atoms with E-state index in [4.69, 9.17) is 4.74 Å². The molecule has 0 saturated carbocycles. The van der Waals surface area contributed by atoms with Gasteiger partial charge in [-0.1, -0.05) is 18.2 Å². The summed E-state index contributed by atoms with van der Waals surface area (Å²) in [4.78, 5) is 4.39. The number of benzene rings is 1. The van der Waals surface area contributed by atoms with Crippen LogP contribution < -0.4 is 4.74 Å². The zero-order valence-corrected chi connectivity index (χ0v) is 10.5. The number of ether oxygens (including phenoxy) is 1. The number of methoxy groups -OCH3 is 1. The molecule has 0 atom stereocenters. The molecule has 0 bridgehead atoms. The van der Waals surface area contributed by atoms with Gasteiger partial charge >= 0.3 is 0 Å². The van der Waals surface area contributed by atoms with Gasteiger partial charge in [0.1, 0.15) is 11.4 Å². The number of aromatic nitrogens is 3. The minimum absolute atomic E-state index is 0.768. The number of H-pyrrole nitrogens is 1. The second-order valence-electron chi connectivity index (χ2n) is 4.11. The Labute approximate surface area is 111 Å². The fourth-order valence-corrected chi connectivity index (χ4v) is 2.02. The van der Waals surface area contributed by atoms with E-state index in [0.717, 1.165) is 28.3 Å². The van der Waals surface area contributed by atoms with Gasteiger partial charge in [-0.05, 0) is 24.3 Å². The molecule has 19 heavy (non-hydrogen) atoms. The van der Waals surface area contributed by atoms with Crippen LogP contribution in [0.25, 0.3) is 22.5 Å². The summed E-state index contributed by atoms with van der Waals surface area (Å²) in [6.07, 6.45) is 3.50. The molecule has 3 aromatic rings. The molecule has 0 aliphatic carbocycles. The van der Waals surface area contributed by atoms with Gasteiger partial charge in [-0.25, -0.2) is 0 Å². The Balaban J connectivity index is 2.09. The molecule has 3 rings (SSSR count). The summed E-state index contributed by atoms with van der Waals surface area (Å²) in [5.41, 5.74) is 3.91. The molecule has 2 heterocycles. The second kappa shape index (κ2) is 4.94. The van der Waals surface area contributed by atoms with Crippen molar-refractivity contribution in [3.8, 4) is 28.3 Å². The van der Waals surface area contributed by atoms with E-state index in [1.54, 1.807) is 19.5 Å². The fourth-order valence-electron chi connectivity index (χ4n) is 2.02. The highest BCUT2D eigenvalue weighted by molar-refractivity contribution is 5.72. The maximum atomic E-state index is 5.35. The lowest BCUT2D eigenvalue weighted by atomic mass is 10.1. The van der Waals surface area contributed by atoms with Crippen molar-refractivity contribution in [3.63, 3.8) is 0 Å². The van der Waals surface area contributed by atoms with Gasteiger partial charge in [-0.3, -0.25) is 10.1 Å². The lowest BCUT2D eigenvalue weighted by molar-refractivity contribution is 0.415. The van der Waals surface area contributed by atoms with Gasteiger partial charge < -0.3 is 4.74 Å². The normalized spacial score (nSPS) is 10.4. The van der Waals surface area contributed by atoms with Crippen LogP contribution in [0.1, 0.15) is 0 Å². The minimum atomic E-state index is 0.768. The van der Waals surface area contributed by atoms with Crippen LogP contribution in [0.3, 0.4) is 0 Å². The summed E-state index contributed by atoms with van der Waals surface area (Å²) >= 11 is 0. The van der Waals surface area contributed by atoms with Gasteiger partial charge in [0.25, 0.3) is 0 Å². The average Bonchev–Trinajstić information content (AvgIpc) is 3.01. The molecule has 4 nitrogen and oxygen atoms in total. The number of aromatic amines is 1. The molecule has 0 amide bonds. The van der Waals surface area contributed by atoms with Crippen LogP contribution in [0, 0.1) is 0 Å². The van der Waals surface area contributed by atoms with E-state index < -0.39 is 0 Å². The monoisotopic (exact) mass is 251 g/mol. The Morgan fingerprint density at radius 1 is 1.00 bits per heavy atom. The van der Waals surface area contributed by atoms with Crippen molar-refractivity contribution in [3.05, 3.63) is 54.9 Å². The van der Waals surface area contributed by atoms with Crippen LogP contribution in [0.5, 0.6) is 5.75 Å². The molecular weight excluding hydrogens is 238 g/mol. The van der Waals surface area contributed by atoms with Crippen molar-refractivity contribution in [2.45, 2.75) is 0 Å². The van der Waals surface area contributed by atoms with Crippen LogP contribution in [-0.2, 0) is 0 Å². The van der Waals surface area contributed by atoms with Crippen molar-refractivity contribution in [2.24, 2.45) is 0 Å². The van der Waals surface area contributed by atoms with Crippen LogP contribution in [0.15, 0.2) is 54.9 Å². The van der Waals surface area contributed by atoms with Gasteiger partial charge in [-0.15, -0.1) is 0 Å². The average molecular weight is 251 g/mol. The molecule has 0 saturated heterocycles. The van der Waals surface area contributed by atoms with Gasteiger partial charge in [0.05, 0.1) is 12.8 Å².